The number of aliphatic hydroxyl groups excluding tert-OH is 1. The summed E-state index contributed by atoms with van der Waals surface area (Å²) in [5, 5.41) is 11.6. The van der Waals surface area contributed by atoms with E-state index in [4.69, 9.17) is 16.3 Å². The van der Waals surface area contributed by atoms with Crippen molar-refractivity contribution in [2.75, 3.05) is 12.0 Å². The number of aliphatic hydroxyl groups is 1. The smallest absolute Gasteiger partial charge is 0.300 e. The van der Waals surface area contributed by atoms with Crippen molar-refractivity contribution in [3.63, 3.8) is 0 Å². The molecular formula is C24H19ClN2O4. The predicted molar refractivity (Wildman–Crippen MR) is 118 cm³/mol. The van der Waals surface area contributed by atoms with Gasteiger partial charge >= 0.3 is 0 Å². The van der Waals surface area contributed by atoms with Gasteiger partial charge in [0.15, 0.2) is 0 Å². The number of ketones is 1. The Bertz CT molecular complexity index is 1210. The van der Waals surface area contributed by atoms with Crippen molar-refractivity contribution in [1.29, 1.82) is 0 Å². The Hall–Kier alpha value is -3.64. The summed E-state index contributed by atoms with van der Waals surface area (Å²) in [5.74, 6) is -1.24. The first kappa shape index (κ1) is 20.6. The topological polar surface area (TPSA) is 79.7 Å². The molecule has 1 aliphatic heterocycles. The molecule has 3 aromatic rings. The van der Waals surface area contributed by atoms with Crippen LogP contribution < -0.4 is 9.64 Å². The summed E-state index contributed by atoms with van der Waals surface area (Å²) in [4.78, 5) is 31.7. The van der Waals surface area contributed by atoms with Crippen LogP contribution in [0, 0.1) is 6.92 Å². The van der Waals surface area contributed by atoms with Crippen LogP contribution in [0.3, 0.4) is 0 Å². The number of anilines is 1. The van der Waals surface area contributed by atoms with Gasteiger partial charge in [0, 0.05) is 28.7 Å². The second kappa shape index (κ2) is 8.24. The number of Topliss-reactive ketones (excluding diaryl/α,β-unsaturated/α-hetero) is 1. The average Bonchev–Trinajstić information content (AvgIpc) is 3.04. The molecule has 1 N–H and O–H groups in total. The number of benzene rings is 2. The molecule has 4 rings (SSSR count). The van der Waals surface area contributed by atoms with Gasteiger partial charge in [-0.25, -0.2) is 0 Å². The molecule has 31 heavy (non-hydrogen) atoms. The second-order valence-electron chi connectivity index (χ2n) is 7.11. The van der Waals surface area contributed by atoms with Crippen LogP contribution in [-0.4, -0.2) is 28.9 Å². The maximum Gasteiger partial charge on any atom is 0.300 e. The van der Waals surface area contributed by atoms with E-state index in [2.05, 4.69) is 4.98 Å². The highest BCUT2D eigenvalue weighted by atomic mass is 35.5. The van der Waals surface area contributed by atoms with Crippen LogP contribution in [0.1, 0.15) is 22.7 Å². The molecule has 1 aromatic heterocycles. The van der Waals surface area contributed by atoms with Crippen LogP contribution in [0.25, 0.3) is 5.76 Å². The van der Waals surface area contributed by atoms with Crippen LogP contribution in [-0.2, 0) is 9.59 Å². The number of rotatable bonds is 4. The first-order valence-corrected chi connectivity index (χ1v) is 9.91. The van der Waals surface area contributed by atoms with Crippen LogP contribution in [0.2, 0.25) is 5.02 Å². The second-order valence-corrected chi connectivity index (χ2v) is 7.55. The number of nitrogens with zero attached hydrogens (tertiary/aromatic N) is 2. The molecule has 7 heteroatoms. The number of carbonyl (C=O) groups is 2. The van der Waals surface area contributed by atoms with E-state index in [1.807, 2.05) is 6.92 Å². The van der Waals surface area contributed by atoms with E-state index in [0.717, 1.165) is 5.56 Å². The van der Waals surface area contributed by atoms with Crippen molar-refractivity contribution in [3.8, 4) is 5.75 Å². The molecule has 156 valence electrons. The lowest BCUT2D eigenvalue weighted by atomic mass is 9.95. The fourth-order valence-corrected chi connectivity index (χ4v) is 3.98. The predicted octanol–water partition coefficient (Wildman–Crippen LogP) is 4.68. The van der Waals surface area contributed by atoms with E-state index >= 15 is 0 Å². The van der Waals surface area contributed by atoms with Crippen LogP contribution in [0.15, 0.2) is 72.6 Å². The van der Waals surface area contributed by atoms with Gasteiger partial charge < -0.3 is 9.84 Å². The Morgan fingerprint density at radius 2 is 1.84 bits per heavy atom. The van der Waals surface area contributed by atoms with E-state index < -0.39 is 17.7 Å². The van der Waals surface area contributed by atoms with E-state index in [-0.39, 0.29) is 11.3 Å². The molecule has 1 amide bonds. The summed E-state index contributed by atoms with van der Waals surface area (Å²) < 4.78 is 5.23. The van der Waals surface area contributed by atoms with Gasteiger partial charge in [-0.3, -0.25) is 19.5 Å². The van der Waals surface area contributed by atoms with Gasteiger partial charge in [0.25, 0.3) is 11.7 Å². The highest BCUT2D eigenvalue weighted by Crippen LogP contribution is 2.43. The molecule has 2 aromatic carbocycles. The lowest BCUT2D eigenvalue weighted by Crippen LogP contribution is -2.30. The summed E-state index contributed by atoms with van der Waals surface area (Å²) in [6.45, 7) is 1.81. The first-order valence-electron chi connectivity index (χ1n) is 9.54. The van der Waals surface area contributed by atoms with Crippen molar-refractivity contribution in [3.05, 3.63) is 94.3 Å². The Labute approximate surface area is 184 Å². The standard InChI is InChI=1S/C24H19ClN2O4/c1-14-12-17(25)6-7-19(14)27-21(15-8-10-26-11-9-15)20(23(29)24(27)30)22(28)16-4-3-5-18(13-16)31-2/h3-13,21,28H,1-2H3/b22-20+. The highest BCUT2D eigenvalue weighted by molar-refractivity contribution is 6.51. The summed E-state index contributed by atoms with van der Waals surface area (Å²) in [7, 11) is 1.51. The number of hydrogen-bond donors (Lipinski definition) is 1. The quantitative estimate of drug-likeness (QED) is 0.366. The van der Waals surface area contributed by atoms with Gasteiger partial charge in [0.05, 0.1) is 18.7 Å². The van der Waals surface area contributed by atoms with Crippen LogP contribution in [0.4, 0.5) is 5.69 Å². The minimum Gasteiger partial charge on any atom is -0.507 e. The summed E-state index contributed by atoms with van der Waals surface area (Å²) in [6.07, 6.45) is 3.16. The number of carbonyl (C=O) groups excluding carboxylic acids is 2. The molecule has 1 aliphatic rings. The Kier molecular flexibility index (Phi) is 5.48. The average molecular weight is 435 g/mol. The monoisotopic (exact) mass is 434 g/mol. The Balaban J connectivity index is 1.96. The van der Waals surface area contributed by atoms with Crippen LogP contribution >= 0.6 is 11.6 Å². The molecule has 0 aliphatic carbocycles. The zero-order chi connectivity index (χ0) is 22.1. The number of methoxy groups -OCH3 is 1. The first-order chi connectivity index (χ1) is 14.9. The Morgan fingerprint density at radius 3 is 2.52 bits per heavy atom. The molecule has 1 fully saturated rings. The maximum absolute atomic E-state index is 13.2. The summed E-state index contributed by atoms with van der Waals surface area (Å²) in [6, 6.07) is 14.4. The SMILES string of the molecule is COc1cccc(/C(O)=C2\C(=O)C(=O)N(c3ccc(Cl)cc3C)C2c2ccncc2)c1. The van der Waals surface area contributed by atoms with E-state index in [0.29, 0.717) is 27.6 Å². The van der Waals surface area contributed by atoms with Gasteiger partial charge in [-0.1, -0.05) is 23.7 Å². The van der Waals surface area contributed by atoms with Crippen molar-refractivity contribution < 1.29 is 19.4 Å². The fourth-order valence-electron chi connectivity index (χ4n) is 3.76. The molecule has 1 saturated heterocycles. The molecule has 1 unspecified atom stereocenters. The Morgan fingerprint density at radius 1 is 1.10 bits per heavy atom. The van der Waals surface area contributed by atoms with Crippen molar-refractivity contribution in [2.24, 2.45) is 0 Å². The number of halogens is 1. The number of amides is 1. The number of pyridine rings is 1. The van der Waals surface area contributed by atoms with Crippen molar-refractivity contribution in [1.82, 2.24) is 4.98 Å². The van der Waals surface area contributed by atoms with Crippen molar-refractivity contribution >= 4 is 34.7 Å². The summed E-state index contributed by atoms with van der Waals surface area (Å²) in [5.41, 5.74) is 2.30. The number of hydrogen-bond acceptors (Lipinski definition) is 5. The van der Waals surface area contributed by atoms with Gasteiger partial charge in [-0.05, 0) is 60.5 Å². The molecular weight excluding hydrogens is 416 g/mol. The third-order valence-corrected chi connectivity index (χ3v) is 5.46. The number of aryl methyl sites for hydroxylation is 1. The highest BCUT2D eigenvalue weighted by Gasteiger charge is 2.47. The third-order valence-electron chi connectivity index (χ3n) is 5.23. The van der Waals surface area contributed by atoms with Crippen LogP contribution in [0.5, 0.6) is 5.75 Å². The van der Waals surface area contributed by atoms with Crippen molar-refractivity contribution in [2.45, 2.75) is 13.0 Å². The lowest BCUT2D eigenvalue weighted by Gasteiger charge is -2.26. The van der Waals surface area contributed by atoms with Gasteiger partial charge in [0.2, 0.25) is 0 Å². The van der Waals surface area contributed by atoms with E-state index in [1.165, 1.54) is 12.0 Å². The lowest BCUT2D eigenvalue weighted by molar-refractivity contribution is -0.132. The number of ether oxygens (including phenoxy) is 1. The molecule has 1 atom stereocenters. The number of aromatic nitrogens is 1. The van der Waals surface area contributed by atoms with E-state index in [9.17, 15) is 14.7 Å². The fraction of sp³-hybridized carbons (Fsp3) is 0.125. The summed E-state index contributed by atoms with van der Waals surface area (Å²) >= 11 is 6.09. The minimum atomic E-state index is -0.825. The molecule has 0 saturated carbocycles. The third kappa shape index (κ3) is 3.66. The normalized spacial score (nSPS) is 17.8. The molecule has 2 heterocycles. The molecule has 6 nitrogen and oxygen atoms in total. The minimum absolute atomic E-state index is 0.00111. The van der Waals surface area contributed by atoms with Gasteiger partial charge in [0.1, 0.15) is 11.5 Å². The molecule has 0 spiro atoms. The maximum atomic E-state index is 13.2. The zero-order valence-corrected chi connectivity index (χ0v) is 17.6. The zero-order valence-electron chi connectivity index (χ0n) is 16.9. The van der Waals surface area contributed by atoms with Gasteiger partial charge in [-0.15, -0.1) is 0 Å². The molecule has 0 bridgehead atoms. The largest absolute Gasteiger partial charge is 0.507 e. The van der Waals surface area contributed by atoms with E-state index in [1.54, 1.807) is 67.0 Å². The molecule has 0 radical (unpaired) electrons. The van der Waals surface area contributed by atoms with Gasteiger partial charge in [-0.2, -0.15) is 0 Å².